The first-order valence-corrected chi connectivity index (χ1v) is 3.78. The van der Waals surface area contributed by atoms with E-state index in [0.717, 1.165) is 10.8 Å². The molecule has 0 aliphatic carbocycles. The number of hydrogen-bond donors (Lipinski definition) is 1. The number of nitrogens with zero attached hydrogens (tertiary/aromatic N) is 1. The molecular weight excluding hydrogens is 176 g/mol. The first-order valence-electron chi connectivity index (χ1n) is 3.40. The number of nitrogens with one attached hydrogen (secondary N) is 1. The number of H-pyrrole nitrogens is 1. The van der Waals surface area contributed by atoms with Gasteiger partial charge in [-0.15, -0.1) is 0 Å². The maximum Gasteiger partial charge on any atom is 0.248 e. The summed E-state index contributed by atoms with van der Waals surface area (Å²) >= 11 is 5.78. The van der Waals surface area contributed by atoms with Crippen molar-refractivity contribution in [3.8, 4) is 0 Å². The fourth-order valence-electron chi connectivity index (χ4n) is 1.06. The lowest BCUT2D eigenvalue weighted by molar-refractivity contribution is 1.25. The van der Waals surface area contributed by atoms with E-state index < -0.39 is 0 Å². The van der Waals surface area contributed by atoms with Crippen LogP contribution < -0.4 is 5.56 Å². The summed E-state index contributed by atoms with van der Waals surface area (Å²) in [6, 6.07) is 3.24. The van der Waals surface area contributed by atoms with Crippen molar-refractivity contribution in [1.29, 1.82) is 0 Å². The second kappa shape index (κ2) is 2.60. The third kappa shape index (κ3) is 1.08. The lowest BCUT2D eigenvalue weighted by Crippen LogP contribution is -2.01. The SMILES string of the molecule is O=c1cc2ccnc(Cl)c2c[nH]1. The van der Waals surface area contributed by atoms with Gasteiger partial charge in [-0.1, -0.05) is 11.6 Å². The predicted molar refractivity (Wildman–Crippen MR) is 47.4 cm³/mol. The first-order chi connectivity index (χ1) is 5.77. The number of aromatic nitrogens is 2. The van der Waals surface area contributed by atoms with Gasteiger partial charge in [0.1, 0.15) is 5.15 Å². The summed E-state index contributed by atoms with van der Waals surface area (Å²) in [5.41, 5.74) is -0.134. The molecule has 0 unspecified atom stereocenters. The van der Waals surface area contributed by atoms with E-state index >= 15 is 0 Å². The summed E-state index contributed by atoms with van der Waals surface area (Å²) in [6.45, 7) is 0. The van der Waals surface area contributed by atoms with Crippen LogP contribution in [0.5, 0.6) is 0 Å². The van der Waals surface area contributed by atoms with E-state index in [1.165, 1.54) is 6.07 Å². The molecular formula is C8H5ClN2O. The number of pyridine rings is 2. The molecule has 0 bridgehead atoms. The molecule has 3 nitrogen and oxygen atoms in total. The van der Waals surface area contributed by atoms with Gasteiger partial charge in [-0.25, -0.2) is 4.98 Å². The van der Waals surface area contributed by atoms with Gasteiger partial charge in [0.25, 0.3) is 0 Å². The van der Waals surface area contributed by atoms with Crippen LogP contribution in [0.4, 0.5) is 0 Å². The molecule has 0 amide bonds. The zero-order valence-corrected chi connectivity index (χ0v) is 6.80. The quantitative estimate of drug-likeness (QED) is 0.626. The van der Waals surface area contributed by atoms with Crippen LogP contribution in [0.25, 0.3) is 10.8 Å². The van der Waals surface area contributed by atoms with Crippen molar-refractivity contribution in [2.45, 2.75) is 0 Å². The largest absolute Gasteiger partial charge is 0.328 e. The number of fused-ring (bicyclic) bond motifs is 1. The lowest BCUT2D eigenvalue weighted by Gasteiger charge is -1.96. The molecule has 60 valence electrons. The van der Waals surface area contributed by atoms with Crippen molar-refractivity contribution >= 4 is 22.4 Å². The molecule has 1 N–H and O–H groups in total. The van der Waals surface area contributed by atoms with Crippen molar-refractivity contribution in [3.05, 3.63) is 40.0 Å². The van der Waals surface area contributed by atoms with Gasteiger partial charge in [-0.2, -0.15) is 0 Å². The molecule has 2 heterocycles. The Labute approximate surface area is 73.0 Å². The van der Waals surface area contributed by atoms with Crippen LogP contribution >= 0.6 is 11.6 Å². The normalized spacial score (nSPS) is 10.4. The zero-order chi connectivity index (χ0) is 8.55. The fourth-order valence-corrected chi connectivity index (χ4v) is 1.28. The molecule has 12 heavy (non-hydrogen) atoms. The second-order valence-electron chi connectivity index (χ2n) is 2.40. The van der Waals surface area contributed by atoms with Crippen LogP contribution in [-0.2, 0) is 0 Å². The van der Waals surface area contributed by atoms with E-state index in [1.807, 2.05) is 0 Å². The number of aromatic amines is 1. The molecule has 0 fully saturated rings. The minimum Gasteiger partial charge on any atom is -0.328 e. The van der Waals surface area contributed by atoms with Crippen LogP contribution in [0, 0.1) is 0 Å². The molecule has 0 radical (unpaired) electrons. The molecule has 0 aromatic carbocycles. The minimum atomic E-state index is -0.134. The monoisotopic (exact) mass is 180 g/mol. The highest BCUT2D eigenvalue weighted by Gasteiger charge is 1.98. The van der Waals surface area contributed by atoms with Crippen LogP contribution in [0.15, 0.2) is 29.3 Å². The first kappa shape index (κ1) is 7.31. The summed E-state index contributed by atoms with van der Waals surface area (Å²) in [5, 5.41) is 1.97. The molecule has 0 saturated carbocycles. The van der Waals surface area contributed by atoms with E-state index in [2.05, 4.69) is 9.97 Å². The maximum atomic E-state index is 10.9. The highest BCUT2D eigenvalue weighted by Crippen LogP contribution is 2.17. The standard InChI is InChI=1S/C8H5ClN2O/c9-8-6-4-11-7(12)3-5(6)1-2-10-8/h1-4H,(H,11,12). The molecule has 0 spiro atoms. The van der Waals surface area contributed by atoms with Gasteiger partial charge < -0.3 is 4.98 Å². The molecule has 2 aromatic heterocycles. The zero-order valence-electron chi connectivity index (χ0n) is 6.04. The van der Waals surface area contributed by atoms with E-state index in [4.69, 9.17) is 11.6 Å². The Morgan fingerprint density at radius 2 is 2.33 bits per heavy atom. The molecule has 0 atom stereocenters. The number of rotatable bonds is 0. The maximum absolute atomic E-state index is 10.9. The third-order valence-electron chi connectivity index (χ3n) is 1.62. The van der Waals surface area contributed by atoms with Gasteiger partial charge in [0.15, 0.2) is 0 Å². The Kier molecular flexibility index (Phi) is 1.59. The highest BCUT2D eigenvalue weighted by atomic mass is 35.5. The van der Waals surface area contributed by atoms with E-state index in [0.29, 0.717) is 5.15 Å². The van der Waals surface area contributed by atoms with Crippen LogP contribution in [-0.4, -0.2) is 9.97 Å². The Morgan fingerprint density at radius 1 is 1.50 bits per heavy atom. The molecule has 4 heteroatoms. The Morgan fingerprint density at radius 3 is 3.17 bits per heavy atom. The van der Waals surface area contributed by atoms with Crippen LogP contribution in [0.2, 0.25) is 5.15 Å². The summed E-state index contributed by atoms with van der Waals surface area (Å²) in [7, 11) is 0. The van der Waals surface area contributed by atoms with E-state index in [9.17, 15) is 4.79 Å². The van der Waals surface area contributed by atoms with Gasteiger partial charge in [0, 0.05) is 23.8 Å². The topological polar surface area (TPSA) is 45.8 Å². The van der Waals surface area contributed by atoms with Crippen molar-refractivity contribution in [3.63, 3.8) is 0 Å². The smallest absolute Gasteiger partial charge is 0.248 e. The van der Waals surface area contributed by atoms with E-state index in [-0.39, 0.29) is 5.56 Å². The van der Waals surface area contributed by atoms with Gasteiger partial charge in [0.05, 0.1) is 0 Å². The lowest BCUT2D eigenvalue weighted by atomic mass is 10.2. The van der Waals surface area contributed by atoms with Crippen molar-refractivity contribution in [1.82, 2.24) is 9.97 Å². The average Bonchev–Trinajstić information content (AvgIpc) is 2.04. The van der Waals surface area contributed by atoms with Gasteiger partial charge >= 0.3 is 0 Å². The summed E-state index contributed by atoms with van der Waals surface area (Å²) in [6.07, 6.45) is 3.14. The van der Waals surface area contributed by atoms with Gasteiger partial charge in [-0.3, -0.25) is 4.79 Å². The van der Waals surface area contributed by atoms with Gasteiger partial charge in [-0.05, 0) is 11.5 Å². The summed E-state index contributed by atoms with van der Waals surface area (Å²) in [5.74, 6) is 0. The number of halogens is 1. The highest BCUT2D eigenvalue weighted by molar-refractivity contribution is 6.34. The fraction of sp³-hybridized carbons (Fsp3) is 0. The molecule has 0 aliphatic heterocycles. The summed E-state index contributed by atoms with van der Waals surface area (Å²) in [4.78, 5) is 17.3. The number of hydrogen-bond acceptors (Lipinski definition) is 2. The van der Waals surface area contributed by atoms with Gasteiger partial charge in [0.2, 0.25) is 5.56 Å². The predicted octanol–water partition coefficient (Wildman–Crippen LogP) is 1.58. The van der Waals surface area contributed by atoms with Crippen molar-refractivity contribution in [2.75, 3.05) is 0 Å². The van der Waals surface area contributed by atoms with Crippen LogP contribution in [0.3, 0.4) is 0 Å². The minimum absolute atomic E-state index is 0.134. The second-order valence-corrected chi connectivity index (χ2v) is 2.76. The van der Waals surface area contributed by atoms with Crippen molar-refractivity contribution < 1.29 is 0 Å². The average molecular weight is 181 g/mol. The van der Waals surface area contributed by atoms with E-state index in [1.54, 1.807) is 18.5 Å². The molecule has 0 aliphatic rings. The van der Waals surface area contributed by atoms with Crippen molar-refractivity contribution in [2.24, 2.45) is 0 Å². The Balaban J connectivity index is 2.96. The Bertz CT molecular complexity index is 478. The molecule has 0 saturated heterocycles. The summed E-state index contributed by atoms with van der Waals surface area (Å²) < 4.78 is 0. The molecule has 2 rings (SSSR count). The molecule has 2 aromatic rings. The Hall–Kier alpha value is -1.35. The third-order valence-corrected chi connectivity index (χ3v) is 1.92. The van der Waals surface area contributed by atoms with Crippen LogP contribution in [0.1, 0.15) is 0 Å².